The van der Waals surface area contributed by atoms with Crippen molar-refractivity contribution in [2.24, 2.45) is 0 Å². The zero-order valence-electron chi connectivity index (χ0n) is 12.9. The summed E-state index contributed by atoms with van der Waals surface area (Å²) in [6, 6.07) is 0. The van der Waals surface area contributed by atoms with Crippen molar-refractivity contribution < 1.29 is 64.1 Å². The van der Waals surface area contributed by atoms with Crippen LogP contribution < -0.4 is 0 Å². The van der Waals surface area contributed by atoms with Gasteiger partial charge in [0, 0.05) is 17.1 Å². The Hall–Kier alpha value is 3.04. The van der Waals surface area contributed by atoms with E-state index in [0.717, 1.165) is 0 Å². The molecule has 0 aromatic heterocycles. The molecule has 0 atom stereocenters. The first-order chi connectivity index (χ1) is 4.00. The fraction of sp³-hybridized carbons (Fsp3) is 0. The van der Waals surface area contributed by atoms with Gasteiger partial charge in [-0.1, -0.05) is 0 Å². The molecule has 1 radical (unpaired) electrons. The minimum absolute atomic E-state index is 0. The normalized spacial score (nSPS) is 8.43. The fourth-order valence-corrected chi connectivity index (χ4v) is 0. The van der Waals surface area contributed by atoms with Crippen molar-refractivity contribution in [2.75, 3.05) is 0 Å². The van der Waals surface area contributed by atoms with Gasteiger partial charge in [-0.15, -0.1) is 0 Å². The molecule has 0 bridgehead atoms. The molecule has 6 N–H and O–H groups in total. The third-order valence-corrected chi connectivity index (χ3v) is 0. The molecule has 0 saturated heterocycles. The summed E-state index contributed by atoms with van der Waals surface area (Å²) in [4.78, 5) is 43.1. The van der Waals surface area contributed by atoms with Crippen LogP contribution in [0.1, 0.15) is 8.56 Å². The van der Waals surface area contributed by atoms with E-state index in [2.05, 4.69) is 0 Å². The zero-order valence-corrected chi connectivity index (χ0v) is 14.1. The first-order valence-electron chi connectivity index (χ1n) is 1.57. The molecule has 0 heterocycles. The van der Waals surface area contributed by atoms with E-state index < -0.39 is 15.6 Å². The van der Waals surface area contributed by atoms with E-state index in [1.54, 1.807) is 0 Å². The Morgan fingerprint density at radius 3 is 0.643 bits per heavy atom. The van der Waals surface area contributed by atoms with Crippen molar-refractivity contribution in [3.63, 3.8) is 0 Å². The van der Waals surface area contributed by atoms with Crippen molar-refractivity contribution in [1.82, 2.24) is 0 Å². The third kappa shape index (κ3) is 321. The van der Waals surface area contributed by atoms with Crippen LogP contribution in [0.15, 0.2) is 0 Å². The van der Waals surface area contributed by atoms with Crippen LogP contribution in [0.25, 0.3) is 0 Å². The van der Waals surface area contributed by atoms with Crippen LogP contribution in [-0.2, 0) is 26.2 Å². The summed E-state index contributed by atoms with van der Waals surface area (Å²) in [6.45, 7) is 0. The van der Waals surface area contributed by atoms with Crippen molar-refractivity contribution >= 4 is 84.8 Å². The summed E-state index contributed by atoms with van der Waals surface area (Å²) >= 11 is 0. The zero-order chi connectivity index (χ0) is 9.00. The summed E-state index contributed by atoms with van der Waals surface area (Å²) in [6.07, 6.45) is 0. The quantitative estimate of drug-likeness (QED) is 0.213. The van der Waals surface area contributed by atoms with Crippen molar-refractivity contribution in [2.45, 2.75) is 0 Å². The third-order valence-electron chi connectivity index (χ3n) is 0. The van der Waals surface area contributed by atoms with Gasteiger partial charge in [0.25, 0.3) is 0 Å². The van der Waals surface area contributed by atoms with E-state index in [-0.39, 0.29) is 94.8 Å². The Bertz CT molecular complexity index is 153. The van der Waals surface area contributed by atoms with E-state index in [1.165, 1.54) is 0 Å². The molecular weight excluding hydrogens is 318 g/mol. The maximum atomic E-state index is 8.88. The summed E-state index contributed by atoms with van der Waals surface area (Å²) in [5, 5.41) is 0. The Morgan fingerprint density at radius 2 is 0.643 bits per heavy atom. The summed E-state index contributed by atoms with van der Waals surface area (Å²) in [5.41, 5.74) is 0. The Labute approximate surface area is 148 Å². The van der Waals surface area contributed by atoms with Crippen LogP contribution in [-0.4, -0.2) is 98.5 Å². The molecule has 0 aliphatic rings. The standard InChI is InChI=1S/3Mg.Mn.2H3O4P.6H/c;;;;2*1-5(2,3)4;;;;;;/h;;;;2*(H3,1,2,3,4);;;;;;/q3*+2;;;;6*-1. The summed E-state index contributed by atoms with van der Waals surface area (Å²) in [5.74, 6) is 0. The van der Waals surface area contributed by atoms with Crippen LogP contribution in [0.5, 0.6) is 0 Å². The van der Waals surface area contributed by atoms with E-state index in [0.29, 0.717) is 0 Å². The molecule has 8 nitrogen and oxygen atoms in total. The average molecular weight is 330 g/mol. The Morgan fingerprint density at radius 1 is 0.643 bits per heavy atom. The molecule has 0 fully saturated rings. The first kappa shape index (κ1) is 36.0. The molecule has 0 aromatic rings. The van der Waals surface area contributed by atoms with Crippen LogP contribution in [0.3, 0.4) is 0 Å². The number of rotatable bonds is 0. The number of phosphoric acid groups is 2. The molecule has 0 rings (SSSR count). The predicted octanol–water partition coefficient (Wildman–Crippen LogP) is -2.33. The molecule has 0 aromatic carbocycles. The maximum Gasteiger partial charge on any atom is 2.00 e. The second-order valence-electron chi connectivity index (χ2n) is 1.03. The largest absolute Gasteiger partial charge is 2.00 e. The van der Waals surface area contributed by atoms with E-state index in [1.807, 2.05) is 0 Å². The summed E-state index contributed by atoms with van der Waals surface area (Å²) in [7, 11) is -9.28. The van der Waals surface area contributed by atoms with Gasteiger partial charge in [0.05, 0.1) is 0 Å². The SMILES string of the molecule is O=P(O)(O)O.O=P(O)(O)O.[H-].[H-].[H-].[H-].[H-].[H-].[Mg+2].[Mg+2].[Mg+2].[Mn]. The van der Waals surface area contributed by atoms with Gasteiger partial charge in [-0.25, -0.2) is 9.13 Å². The number of hydrogen-bond acceptors (Lipinski definition) is 2. The second-order valence-corrected chi connectivity index (χ2v) is 3.08. The molecule has 83 valence electrons. The van der Waals surface area contributed by atoms with Crippen LogP contribution in [0.4, 0.5) is 0 Å². The topological polar surface area (TPSA) is 156 Å². The minimum Gasteiger partial charge on any atom is -1.00 e. The van der Waals surface area contributed by atoms with E-state index in [9.17, 15) is 0 Å². The van der Waals surface area contributed by atoms with Gasteiger partial charge in [-0.05, 0) is 0 Å². The summed E-state index contributed by atoms with van der Waals surface area (Å²) < 4.78 is 17.8. The Kier molecular flexibility index (Phi) is 41.2. The van der Waals surface area contributed by atoms with Crippen LogP contribution >= 0.6 is 15.6 Å². The van der Waals surface area contributed by atoms with Crippen molar-refractivity contribution in [1.29, 1.82) is 0 Å². The first-order valence-corrected chi connectivity index (χ1v) is 4.70. The molecule has 0 aliphatic heterocycles. The van der Waals surface area contributed by atoms with Gasteiger partial charge >= 0.3 is 84.8 Å². The monoisotopic (exact) mass is 329 g/mol. The van der Waals surface area contributed by atoms with Gasteiger partial charge in [-0.3, -0.25) is 0 Å². The van der Waals surface area contributed by atoms with Gasteiger partial charge in [0.1, 0.15) is 0 Å². The molecule has 0 spiro atoms. The minimum atomic E-state index is -4.64. The van der Waals surface area contributed by atoms with E-state index >= 15 is 0 Å². The molecular formula is H12Mg3MnO8P2. The predicted molar refractivity (Wildman–Crippen MR) is 52.5 cm³/mol. The van der Waals surface area contributed by atoms with Crippen LogP contribution in [0.2, 0.25) is 0 Å². The second kappa shape index (κ2) is 16.0. The molecule has 0 amide bonds. The molecule has 14 heavy (non-hydrogen) atoms. The number of hydrogen-bond donors (Lipinski definition) is 6. The van der Waals surface area contributed by atoms with Gasteiger partial charge in [0.2, 0.25) is 0 Å². The average Bonchev–Trinajstić information content (AvgIpc) is 1.12. The van der Waals surface area contributed by atoms with Crippen molar-refractivity contribution in [3.8, 4) is 0 Å². The molecule has 0 unspecified atom stereocenters. The maximum absolute atomic E-state index is 8.88. The van der Waals surface area contributed by atoms with Gasteiger partial charge in [-0.2, -0.15) is 0 Å². The van der Waals surface area contributed by atoms with E-state index in [4.69, 9.17) is 38.5 Å². The van der Waals surface area contributed by atoms with Crippen LogP contribution in [0, 0.1) is 0 Å². The molecule has 0 aliphatic carbocycles. The molecule has 0 saturated carbocycles. The van der Waals surface area contributed by atoms with Gasteiger partial charge < -0.3 is 37.9 Å². The molecule has 14 heteroatoms. The van der Waals surface area contributed by atoms with Gasteiger partial charge in [0.15, 0.2) is 0 Å². The fourth-order valence-electron chi connectivity index (χ4n) is 0. The van der Waals surface area contributed by atoms with Crippen molar-refractivity contribution in [3.05, 3.63) is 0 Å². The Balaban J connectivity index is -0.00000000427. The smallest absolute Gasteiger partial charge is 1.00 e.